The molecule has 0 saturated heterocycles. The molecule has 0 N–H and O–H groups in total. The van der Waals surface area contributed by atoms with Gasteiger partial charge in [0.2, 0.25) is 15.9 Å². The fourth-order valence-corrected chi connectivity index (χ4v) is 3.69. The van der Waals surface area contributed by atoms with Crippen molar-refractivity contribution in [1.29, 1.82) is 0 Å². The van der Waals surface area contributed by atoms with E-state index in [1.807, 2.05) is 46.8 Å². The van der Waals surface area contributed by atoms with Gasteiger partial charge in [-0.3, -0.25) is 9.10 Å². The fraction of sp³-hybridized carbons (Fsp3) is 0.562. The van der Waals surface area contributed by atoms with E-state index in [2.05, 4.69) is 0 Å². The normalized spacial score (nSPS) is 11.4. The molecule has 1 amide bonds. The van der Waals surface area contributed by atoms with E-state index >= 15 is 0 Å². The third-order valence-corrected chi connectivity index (χ3v) is 4.79. The lowest BCUT2D eigenvalue weighted by Crippen LogP contribution is -2.43. The summed E-state index contributed by atoms with van der Waals surface area (Å²) in [5.41, 5.74) is 3.39. The zero-order valence-corrected chi connectivity index (χ0v) is 15.1. The minimum absolute atomic E-state index is 0.161. The van der Waals surface area contributed by atoms with E-state index in [4.69, 9.17) is 0 Å². The molecule has 0 heterocycles. The summed E-state index contributed by atoms with van der Waals surface area (Å²) in [6.45, 7) is 10.5. The number of hydrogen-bond acceptors (Lipinski definition) is 3. The second kappa shape index (κ2) is 7.13. The molecule has 0 atom stereocenters. The number of carbonyl (C=O) groups excluding carboxylic acids is 1. The molecule has 0 bridgehead atoms. The Morgan fingerprint density at radius 2 is 1.50 bits per heavy atom. The Kier molecular flexibility index (Phi) is 6.00. The summed E-state index contributed by atoms with van der Waals surface area (Å²) in [5, 5.41) is 0. The Labute approximate surface area is 134 Å². The summed E-state index contributed by atoms with van der Waals surface area (Å²) in [6, 6.07) is 3.87. The van der Waals surface area contributed by atoms with Crippen LogP contribution in [0.15, 0.2) is 12.1 Å². The molecule has 1 aromatic rings. The van der Waals surface area contributed by atoms with Crippen molar-refractivity contribution >= 4 is 21.6 Å². The highest BCUT2D eigenvalue weighted by atomic mass is 32.2. The largest absolute Gasteiger partial charge is 0.342 e. The number of amides is 1. The van der Waals surface area contributed by atoms with E-state index in [1.165, 1.54) is 4.31 Å². The van der Waals surface area contributed by atoms with Crippen LogP contribution in [0.5, 0.6) is 0 Å². The molecule has 0 unspecified atom stereocenters. The van der Waals surface area contributed by atoms with Gasteiger partial charge in [0, 0.05) is 13.1 Å². The van der Waals surface area contributed by atoms with Crippen LogP contribution in [0.25, 0.3) is 0 Å². The number of aryl methyl sites for hydroxylation is 3. The average molecular weight is 326 g/mol. The molecule has 5 nitrogen and oxygen atoms in total. The SMILES string of the molecule is CCN(CC)C(=O)CN(c1c(C)cc(C)cc1C)S(C)(=O)=O. The summed E-state index contributed by atoms with van der Waals surface area (Å²) < 4.78 is 25.6. The topological polar surface area (TPSA) is 57.7 Å². The fourth-order valence-electron chi connectivity index (χ4n) is 2.73. The van der Waals surface area contributed by atoms with Gasteiger partial charge in [0.1, 0.15) is 6.54 Å². The molecule has 0 aliphatic carbocycles. The van der Waals surface area contributed by atoms with Gasteiger partial charge in [-0.25, -0.2) is 8.42 Å². The molecule has 0 aromatic heterocycles. The van der Waals surface area contributed by atoms with E-state index in [0.717, 1.165) is 22.9 Å². The molecule has 0 fully saturated rings. The van der Waals surface area contributed by atoms with Crippen LogP contribution in [-0.4, -0.2) is 45.1 Å². The number of benzene rings is 1. The zero-order valence-electron chi connectivity index (χ0n) is 14.3. The van der Waals surface area contributed by atoms with Gasteiger partial charge in [-0.05, 0) is 45.7 Å². The zero-order chi connectivity index (χ0) is 17.1. The maximum Gasteiger partial charge on any atom is 0.243 e. The van der Waals surface area contributed by atoms with Gasteiger partial charge in [0.25, 0.3) is 0 Å². The van der Waals surface area contributed by atoms with Crippen LogP contribution in [0, 0.1) is 20.8 Å². The third kappa shape index (κ3) is 4.22. The predicted molar refractivity (Wildman–Crippen MR) is 90.8 cm³/mol. The lowest BCUT2D eigenvalue weighted by Gasteiger charge is -2.28. The van der Waals surface area contributed by atoms with Crippen molar-refractivity contribution in [1.82, 2.24) is 4.90 Å². The smallest absolute Gasteiger partial charge is 0.243 e. The molecule has 0 aliphatic rings. The highest BCUT2D eigenvalue weighted by Crippen LogP contribution is 2.28. The Balaban J connectivity index is 3.30. The number of carbonyl (C=O) groups is 1. The number of rotatable bonds is 6. The predicted octanol–water partition coefficient (Wildman–Crippen LogP) is 2.25. The first kappa shape index (κ1) is 18.5. The minimum Gasteiger partial charge on any atom is -0.342 e. The van der Waals surface area contributed by atoms with Crippen molar-refractivity contribution in [3.8, 4) is 0 Å². The van der Waals surface area contributed by atoms with Crippen LogP contribution in [-0.2, 0) is 14.8 Å². The van der Waals surface area contributed by atoms with Crippen molar-refractivity contribution in [3.63, 3.8) is 0 Å². The molecule has 22 heavy (non-hydrogen) atoms. The van der Waals surface area contributed by atoms with E-state index in [1.54, 1.807) is 4.90 Å². The van der Waals surface area contributed by atoms with Crippen molar-refractivity contribution in [2.24, 2.45) is 0 Å². The molecule has 124 valence electrons. The summed E-state index contributed by atoms with van der Waals surface area (Å²) in [5.74, 6) is -0.185. The Bertz CT molecular complexity index is 626. The van der Waals surface area contributed by atoms with Gasteiger partial charge in [-0.1, -0.05) is 17.7 Å². The Morgan fingerprint density at radius 3 is 1.86 bits per heavy atom. The third-order valence-electron chi connectivity index (χ3n) is 3.68. The first-order valence-corrected chi connectivity index (χ1v) is 9.29. The first-order chi connectivity index (χ1) is 10.1. The van der Waals surface area contributed by atoms with E-state index in [-0.39, 0.29) is 12.5 Å². The van der Waals surface area contributed by atoms with Crippen molar-refractivity contribution in [2.75, 3.05) is 30.2 Å². The van der Waals surface area contributed by atoms with Crippen LogP contribution in [0.2, 0.25) is 0 Å². The van der Waals surface area contributed by atoms with Crippen molar-refractivity contribution in [3.05, 3.63) is 28.8 Å². The minimum atomic E-state index is -3.54. The van der Waals surface area contributed by atoms with E-state index < -0.39 is 10.0 Å². The Hall–Kier alpha value is -1.56. The summed E-state index contributed by atoms with van der Waals surface area (Å²) in [4.78, 5) is 14.0. The molecular weight excluding hydrogens is 300 g/mol. The van der Waals surface area contributed by atoms with Gasteiger partial charge in [-0.15, -0.1) is 0 Å². The lowest BCUT2D eigenvalue weighted by atomic mass is 10.1. The highest BCUT2D eigenvalue weighted by Gasteiger charge is 2.25. The van der Waals surface area contributed by atoms with Crippen LogP contribution in [0.1, 0.15) is 30.5 Å². The number of anilines is 1. The molecule has 6 heteroatoms. The second-order valence-corrected chi connectivity index (χ2v) is 7.49. The van der Waals surface area contributed by atoms with Gasteiger partial charge < -0.3 is 4.90 Å². The standard InChI is InChI=1S/C16H26N2O3S/c1-7-17(8-2)15(19)11-18(22(6,20)21)16-13(4)9-12(3)10-14(16)5/h9-10H,7-8,11H2,1-6H3. The van der Waals surface area contributed by atoms with Gasteiger partial charge in [-0.2, -0.15) is 0 Å². The first-order valence-electron chi connectivity index (χ1n) is 7.45. The maximum atomic E-state index is 12.3. The highest BCUT2D eigenvalue weighted by molar-refractivity contribution is 7.92. The van der Waals surface area contributed by atoms with Crippen molar-refractivity contribution < 1.29 is 13.2 Å². The molecule has 0 radical (unpaired) electrons. The molecular formula is C16H26N2O3S. The number of nitrogens with zero attached hydrogens (tertiary/aromatic N) is 2. The summed E-state index contributed by atoms with van der Waals surface area (Å²) in [7, 11) is -3.54. The van der Waals surface area contributed by atoms with Gasteiger partial charge >= 0.3 is 0 Å². The Morgan fingerprint density at radius 1 is 1.05 bits per heavy atom. The molecule has 1 aromatic carbocycles. The van der Waals surface area contributed by atoms with Crippen LogP contribution < -0.4 is 4.31 Å². The summed E-state index contributed by atoms with van der Waals surface area (Å²) in [6.07, 6.45) is 1.14. The number of hydrogen-bond donors (Lipinski definition) is 0. The van der Waals surface area contributed by atoms with Gasteiger partial charge in [0.15, 0.2) is 0 Å². The van der Waals surface area contributed by atoms with Crippen molar-refractivity contribution in [2.45, 2.75) is 34.6 Å². The van der Waals surface area contributed by atoms with E-state index in [0.29, 0.717) is 18.8 Å². The average Bonchev–Trinajstić information content (AvgIpc) is 2.36. The van der Waals surface area contributed by atoms with Crippen LogP contribution in [0.3, 0.4) is 0 Å². The molecule has 1 rings (SSSR count). The molecule has 0 saturated carbocycles. The van der Waals surface area contributed by atoms with Crippen LogP contribution >= 0.6 is 0 Å². The number of sulfonamides is 1. The quantitative estimate of drug-likeness (QED) is 0.805. The van der Waals surface area contributed by atoms with E-state index in [9.17, 15) is 13.2 Å². The van der Waals surface area contributed by atoms with Gasteiger partial charge in [0.05, 0.1) is 11.9 Å². The molecule has 0 spiro atoms. The molecule has 0 aliphatic heterocycles. The maximum absolute atomic E-state index is 12.3. The van der Waals surface area contributed by atoms with Crippen LogP contribution in [0.4, 0.5) is 5.69 Å². The number of likely N-dealkylation sites (N-methyl/N-ethyl adjacent to an activating group) is 1. The monoisotopic (exact) mass is 326 g/mol. The lowest BCUT2D eigenvalue weighted by molar-refractivity contribution is -0.129. The summed E-state index contributed by atoms with van der Waals surface area (Å²) >= 11 is 0. The second-order valence-electron chi connectivity index (χ2n) is 5.58.